The molecule has 0 spiro atoms. The van der Waals surface area contributed by atoms with Gasteiger partial charge in [-0.1, -0.05) is 6.07 Å². The van der Waals surface area contributed by atoms with E-state index in [-0.39, 0.29) is 17.8 Å². The topological polar surface area (TPSA) is 86.6 Å². The van der Waals surface area contributed by atoms with Gasteiger partial charge in [0.15, 0.2) is 0 Å². The average Bonchev–Trinajstić information content (AvgIpc) is 2.67. The zero-order valence-electron chi connectivity index (χ0n) is 15.8. The first-order valence-corrected chi connectivity index (χ1v) is 9.23. The summed E-state index contributed by atoms with van der Waals surface area (Å²) in [7, 11) is 5.70. The summed E-state index contributed by atoms with van der Waals surface area (Å²) in [5.41, 5.74) is 0.794. The first kappa shape index (κ1) is 19.6. The molecule has 2 unspecified atom stereocenters. The molecule has 2 heterocycles. The monoisotopic (exact) mass is 392 g/mol. The zero-order valence-corrected chi connectivity index (χ0v) is 16.5. The Labute approximate surface area is 164 Å². The van der Waals surface area contributed by atoms with Crippen LogP contribution in [0.3, 0.4) is 0 Å². The van der Waals surface area contributed by atoms with Crippen molar-refractivity contribution in [2.24, 2.45) is 5.92 Å². The molecule has 0 saturated carbocycles. The predicted molar refractivity (Wildman–Crippen MR) is 106 cm³/mol. The molecule has 8 nitrogen and oxygen atoms in total. The number of anilines is 3. The summed E-state index contributed by atoms with van der Waals surface area (Å²) >= 11 is 6.13. The lowest BCUT2D eigenvalue weighted by Crippen LogP contribution is -2.50. The first-order valence-electron chi connectivity index (χ1n) is 8.85. The lowest BCUT2D eigenvalue weighted by atomic mass is 9.92. The smallest absolute Gasteiger partial charge is 0.233 e. The molecule has 0 bridgehead atoms. The van der Waals surface area contributed by atoms with Crippen molar-refractivity contribution in [3.8, 4) is 5.75 Å². The van der Waals surface area contributed by atoms with Crippen molar-refractivity contribution in [3.05, 3.63) is 29.5 Å². The highest BCUT2D eigenvalue weighted by Crippen LogP contribution is 2.26. The fourth-order valence-electron chi connectivity index (χ4n) is 3.43. The van der Waals surface area contributed by atoms with E-state index in [0.717, 1.165) is 24.4 Å². The van der Waals surface area contributed by atoms with E-state index in [0.29, 0.717) is 24.5 Å². The number of aromatic nitrogens is 3. The van der Waals surface area contributed by atoms with Crippen LogP contribution in [0.25, 0.3) is 0 Å². The normalized spacial score (nSPS) is 20.0. The Hall–Kier alpha value is -2.16. The number of benzene rings is 1. The fraction of sp³-hybridized carbons (Fsp3) is 0.500. The maximum absolute atomic E-state index is 9.77. The van der Waals surface area contributed by atoms with Crippen LogP contribution < -0.4 is 15.0 Å². The van der Waals surface area contributed by atoms with Gasteiger partial charge >= 0.3 is 0 Å². The molecule has 0 aliphatic carbocycles. The number of rotatable bonds is 6. The number of methoxy groups -OCH3 is 1. The Kier molecular flexibility index (Phi) is 6.30. The van der Waals surface area contributed by atoms with Crippen LogP contribution in [0.5, 0.6) is 5.75 Å². The van der Waals surface area contributed by atoms with Gasteiger partial charge in [-0.25, -0.2) is 0 Å². The molecule has 2 atom stereocenters. The Morgan fingerprint density at radius 2 is 2.15 bits per heavy atom. The molecule has 1 aliphatic rings. The highest BCUT2D eigenvalue weighted by molar-refractivity contribution is 6.28. The summed E-state index contributed by atoms with van der Waals surface area (Å²) in [4.78, 5) is 17.2. The second kappa shape index (κ2) is 8.69. The van der Waals surface area contributed by atoms with Crippen molar-refractivity contribution in [1.29, 1.82) is 0 Å². The van der Waals surface area contributed by atoms with E-state index < -0.39 is 0 Å². The van der Waals surface area contributed by atoms with Crippen molar-refractivity contribution >= 4 is 29.2 Å². The Balaban J connectivity index is 1.79. The predicted octanol–water partition coefficient (Wildman–Crippen LogP) is 2.03. The molecular weight excluding hydrogens is 368 g/mol. The van der Waals surface area contributed by atoms with Crippen LogP contribution in [-0.4, -0.2) is 71.9 Å². The third-order valence-corrected chi connectivity index (χ3v) is 4.97. The summed E-state index contributed by atoms with van der Waals surface area (Å²) < 4.78 is 5.23. The summed E-state index contributed by atoms with van der Waals surface area (Å²) in [5.74, 6) is 1.74. The second-order valence-electron chi connectivity index (χ2n) is 6.79. The Bertz CT molecular complexity index is 775. The van der Waals surface area contributed by atoms with Gasteiger partial charge in [-0.2, -0.15) is 15.0 Å². The molecule has 1 saturated heterocycles. The van der Waals surface area contributed by atoms with Gasteiger partial charge in [0.25, 0.3) is 0 Å². The van der Waals surface area contributed by atoms with Gasteiger partial charge < -0.3 is 25.0 Å². The fourth-order valence-corrected chi connectivity index (χ4v) is 3.58. The molecule has 9 heteroatoms. The number of hydrogen-bond donors (Lipinski definition) is 2. The van der Waals surface area contributed by atoms with Gasteiger partial charge in [-0.05, 0) is 44.2 Å². The number of nitrogens with zero attached hydrogens (tertiary/aromatic N) is 5. The van der Waals surface area contributed by atoms with E-state index in [1.54, 1.807) is 7.11 Å². The minimum atomic E-state index is 0.118. The first-order chi connectivity index (χ1) is 13.0. The SMILES string of the molecule is COc1cccc(Nc2nc(Cl)nc(N3CCC(N(C)C)C(CO)C3)n2)c1. The summed E-state index contributed by atoms with van der Waals surface area (Å²) in [6.07, 6.45) is 0.917. The number of nitrogens with one attached hydrogen (secondary N) is 1. The van der Waals surface area contributed by atoms with Crippen molar-refractivity contribution in [3.63, 3.8) is 0 Å². The molecule has 3 rings (SSSR count). The van der Waals surface area contributed by atoms with Crippen molar-refractivity contribution in [2.45, 2.75) is 12.5 Å². The van der Waals surface area contributed by atoms with Crippen LogP contribution in [-0.2, 0) is 0 Å². The van der Waals surface area contributed by atoms with E-state index in [2.05, 4.69) is 25.2 Å². The number of aliphatic hydroxyl groups excluding tert-OH is 1. The summed E-state index contributed by atoms with van der Waals surface area (Å²) in [6, 6.07) is 7.81. The highest BCUT2D eigenvalue weighted by atomic mass is 35.5. The van der Waals surface area contributed by atoms with Crippen molar-refractivity contribution in [1.82, 2.24) is 19.9 Å². The quantitative estimate of drug-likeness (QED) is 0.772. The van der Waals surface area contributed by atoms with E-state index in [1.165, 1.54) is 0 Å². The largest absolute Gasteiger partial charge is 0.497 e. The molecule has 1 aromatic carbocycles. The summed E-state index contributed by atoms with van der Waals surface area (Å²) in [6.45, 7) is 1.57. The minimum Gasteiger partial charge on any atom is -0.497 e. The third kappa shape index (κ3) is 4.77. The van der Waals surface area contributed by atoms with Gasteiger partial charge in [0.2, 0.25) is 17.2 Å². The van der Waals surface area contributed by atoms with Crippen LogP contribution in [0.15, 0.2) is 24.3 Å². The maximum atomic E-state index is 9.77. The molecule has 27 heavy (non-hydrogen) atoms. The number of halogens is 1. The lowest BCUT2D eigenvalue weighted by molar-refractivity contribution is 0.116. The molecule has 1 fully saturated rings. The Morgan fingerprint density at radius 1 is 1.33 bits per heavy atom. The van der Waals surface area contributed by atoms with Gasteiger partial charge in [-0.15, -0.1) is 0 Å². The molecule has 1 aliphatic heterocycles. The van der Waals surface area contributed by atoms with Crippen molar-refractivity contribution < 1.29 is 9.84 Å². The van der Waals surface area contributed by atoms with E-state index >= 15 is 0 Å². The maximum Gasteiger partial charge on any atom is 0.233 e. The number of hydrogen-bond acceptors (Lipinski definition) is 8. The third-order valence-electron chi connectivity index (χ3n) is 4.80. The standard InChI is InChI=1S/C18H25ClN6O2/c1-24(2)15-7-8-25(10-12(15)11-26)18-22-16(19)21-17(23-18)20-13-5-4-6-14(9-13)27-3/h4-6,9,12,15,26H,7-8,10-11H2,1-3H3,(H,20,21,22,23). The molecule has 2 aromatic rings. The highest BCUT2D eigenvalue weighted by Gasteiger charge is 2.31. The van der Waals surface area contributed by atoms with Gasteiger partial charge in [-0.3, -0.25) is 0 Å². The zero-order chi connectivity index (χ0) is 19.4. The number of aliphatic hydroxyl groups is 1. The average molecular weight is 393 g/mol. The molecule has 2 N–H and O–H groups in total. The van der Waals surface area contributed by atoms with Gasteiger partial charge in [0.05, 0.1) is 7.11 Å². The van der Waals surface area contributed by atoms with E-state index in [4.69, 9.17) is 16.3 Å². The van der Waals surface area contributed by atoms with Gasteiger partial charge in [0, 0.05) is 43.4 Å². The van der Waals surface area contributed by atoms with Crippen LogP contribution in [0.2, 0.25) is 5.28 Å². The van der Waals surface area contributed by atoms with Gasteiger partial charge in [0.1, 0.15) is 5.75 Å². The Morgan fingerprint density at radius 3 is 2.85 bits per heavy atom. The second-order valence-corrected chi connectivity index (χ2v) is 7.13. The van der Waals surface area contributed by atoms with E-state index in [1.807, 2.05) is 43.3 Å². The minimum absolute atomic E-state index is 0.118. The molecule has 1 aromatic heterocycles. The van der Waals surface area contributed by atoms with Crippen LogP contribution in [0, 0.1) is 5.92 Å². The summed E-state index contributed by atoms with van der Waals surface area (Å²) in [5, 5.41) is 13.0. The molecular formula is C18H25ClN6O2. The number of piperidine rings is 1. The van der Waals surface area contributed by atoms with Crippen LogP contribution in [0.1, 0.15) is 6.42 Å². The molecule has 0 amide bonds. The lowest BCUT2D eigenvalue weighted by Gasteiger charge is -2.40. The molecule has 0 radical (unpaired) electrons. The number of ether oxygens (including phenoxy) is 1. The molecule has 146 valence electrons. The van der Waals surface area contributed by atoms with Crippen molar-refractivity contribution in [2.75, 3.05) is 51.1 Å². The van der Waals surface area contributed by atoms with Crippen LogP contribution >= 0.6 is 11.6 Å². The van der Waals surface area contributed by atoms with Crippen LogP contribution in [0.4, 0.5) is 17.6 Å². The van der Waals surface area contributed by atoms with E-state index in [9.17, 15) is 5.11 Å².